The third kappa shape index (κ3) is 25.7. The van der Waals surface area contributed by atoms with Crippen LogP contribution in [0, 0.1) is 5.92 Å². The second kappa shape index (κ2) is 37.7. The largest absolute Gasteiger partial charge is 0.394 e. The number of aliphatic hydroxyl groups excluding tert-OH is 4. The fraction of sp³-hybridized carbons (Fsp3) is 0.776. The normalized spacial score (nSPS) is 23.8. The van der Waals surface area contributed by atoms with Crippen molar-refractivity contribution in [2.24, 2.45) is 28.9 Å². The van der Waals surface area contributed by atoms with Gasteiger partial charge in [-0.15, -0.1) is 0 Å². The lowest BCUT2D eigenvalue weighted by Crippen LogP contribution is -2.62. The van der Waals surface area contributed by atoms with Gasteiger partial charge in [-0.1, -0.05) is 46.5 Å². The number of aliphatic hydroxyl groups is 4. The van der Waals surface area contributed by atoms with Gasteiger partial charge in [0.15, 0.2) is 0 Å². The first-order chi connectivity index (χ1) is 37.3. The Kier molecular flexibility index (Phi) is 33.8. The summed E-state index contributed by atoms with van der Waals surface area (Å²) in [7, 11) is 0. The van der Waals surface area contributed by atoms with Gasteiger partial charge in [0.1, 0.15) is 60.4 Å². The lowest BCUT2D eigenvalue weighted by Gasteiger charge is -2.29. The molecule has 11 amide bonds. The van der Waals surface area contributed by atoms with Crippen molar-refractivity contribution in [1.82, 2.24) is 58.5 Å². The molecule has 13 atom stereocenters. The molecule has 0 bridgehead atoms. The van der Waals surface area contributed by atoms with Crippen LogP contribution >= 0.6 is 0 Å². The SMILES string of the molecule is CCCCCCCC(=O)N[C@@H](CCN)C(=O)N[C@H](C(=O)NC(CCN)C(=O)N[C@H]1CCNC(=O)[C@H]([C@@H](C)O)NC(=O)[C@H](CCN)NC(=O)[C@H](CO)NC(=O)[C@H]([C@@H](C)O)NC(=O)[C@@H](CC(C)C)NC(=O)[C@H](CCN)NC1=O)[C@@H](C)O. The van der Waals surface area contributed by atoms with Gasteiger partial charge in [0, 0.05) is 13.0 Å². The molecule has 1 rings (SSSR count). The smallest absolute Gasteiger partial charge is 0.245 e. The third-order valence-electron chi connectivity index (χ3n) is 12.6. The van der Waals surface area contributed by atoms with Gasteiger partial charge in [-0.2, -0.15) is 0 Å². The van der Waals surface area contributed by atoms with Crippen molar-refractivity contribution >= 4 is 65.0 Å². The maximum Gasteiger partial charge on any atom is 0.245 e. The van der Waals surface area contributed by atoms with E-state index in [1.807, 2.05) is 0 Å². The molecule has 23 N–H and O–H groups in total. The van der Waals surface area contributed by atoms with E-state index in [1.165, 1.54) is 6.92 Å². The van der Waals surface area contributed by atoms with Crippen LogP contribution < -0.4 is 81.4 Å². The average molecular weight is 1130 g/mol. The summed E-state index contributed by atoms with van der Waals surface area (Å²) in [6.45, 7) is 6.71. The van der Waals surface area contributed by atoms with Gasteiger partial charge >= 0.3 is 0 Å². The first kappa shape index (κ1) is 70.9. The van der Waals surface area contributed by atoms with Crippen LogP contribution in [0.1, 0.15) is 119 Å². The highest BCUT2D eigenvalue weighted by molar-refractivity contribution is 5.99. The van der Waals surface area contributed by atoms with E-state index < -0.39 is 163 Å². The van der Waals surface area contributed by atoms with Crippen LogP contribution in [0.25, 0.3) is 0 Å². The Morgan fingerprint density at radius 2 is 1.04 bits per heavy atom. The number of unbranched alkanes of at least 4 members (excludes halogenated alkanes) is 4. The first-order valence-electron chi connectivity index (χ1n) is 27.1. The molecule has 1 fully saturated rings. The molecule has 1 heterocycles. The fourth-order valence-electron chi connectivity index (χ4n) is 8.10. The molecule has 1 aliphatic rings. The summed E-state index contributed by atoms with van der Waals surface area (Å²) in [6, 6.07) is -16.0. The second-order valence-electron chi connectivity index (χ2n) is 20.0. The Bertz CT molecular complexity index is 2000. The highest BCUT2D eigenvalue weighted by atomic mass is 16.3. The van der Waals surface area contributed by atoms with Gasteiger partial charge in [0.25, 0.3) is 0 Å². The van der Waals surface area contributed by atoms with Crippen LogP contribution in [0.4, 0.5) is 0 Å². The Labute approximate surface area is 461 Å². The molecule has 1 saturated heterocycles. The molecule has 1 aliphatic heterocycles. The zero-order valence-electron chi connectivity index (χ0n) is 46.4. The summed E-state index contributed by atoms with van der Waals surface area (Å²) >= 11 is 0. The molecule has 0 saturated carbocycles. The number of hydrogen-bond acceptors (Lipinski definition) is 19. The van der Waals surface area contributed by atoms with Crippen LogP contribution in [0.2, 0.25) is 0 Å². The Hall–Kier alpha value is -6.15. The number of nitrogens with two attached hydrogens (primary N) is 4. The minimum atomic E-state index is -1.80. The van der Waals surface area contributed by atoms with E-state index in [1.54, 1.807) is 13.8 Å². The minimum absolute atomic E-state index is 0.0223. The zero-order chi connectivity index (χ0) is 59.9. The maximum absolute atomic E-state index is 14.3. The molecule has 30 heteroatoms. The molecular weight excluding hydrogens is 1040 g/mol. The highest BCUT2D eigenvalue weighted by Crippen LogP contribution is 2.11. The number of nitrogens with one attached hydrogen (secondary N) is 11. The van der Waals surface area contributed by atoms with Gasteiger partial charge in [-0.25, -0.2) is 0 Å². The molecule has 0 aromatic heterocycles. The van der Waals surface area contributed by atoms with E-state index in [-0.39, 0.29) is 70.6 Å². The van der Waals surface area contributed by atoms with Crippen molar-refractivity contribution in [2.45, 2.75) is 197 Å². The maximum atomic E-state index is 14.3. The number of hydrogen-bond donors (Lipinski definition) is 19. The monoisotopic (exact) mass is 1130 g/mol. The van der Waals surface area contributed by atoms with E-state index in [9.17, 15) is 73.2 Å². The van der Waals surface area contributed by atoms with E-state index >= 15 is 0 Å². The Balaban J connectivity index is 3.78. The standard InChI is InChI=1S/C49H91N15O15/c1-7-8-9-10-11-12-36(69)55-29(13-18-50)43(73)63-38(27(5)67)48(78)59-31(15-20-52)40(70)58-33-17-22-54-47(77)37(26(4)66)62-44(74)32(16-21-53)57-46(76)35(24-65)61-49(79)39(28(6)68)64-45(75)34(23-25(2)3)60-41(71)30(14-19-51)56-42(33)72/h25-35,37-39,65-68H,7-24,50-53H2,1-6H3,(H,54,77)(H,55,69)(H,56,72)(H,57,76)(H,58,70)(H,59,78)(H,60,71)(H,61,79)(H,62,74)(H,63,73)(H,64,75)/t26-,27-,28-,29+,30+,31?,32+,33+,34-,35+,37+,38+,39+/m1/s1. The third-order valence-corrected chi connectivity index (χ3v) is 12.6. The molecule has 30 nitrogen and oxygen atoms in total. The molecule has 452 valence electrons. The van der Waals surface area contributed by atoms with Gasteiger partial charge < -0.3 is 102 Å². The number of amides is 11. The van der Waals surface area contributed by atoms with Crippen molar-refractivity contribution in [1.29, 1.82) is 0 Å². The summed E-state index contributed by atoms with van der Waals surface area (Å²) in [5, 5.41) is 68.7. The van der Waals surface area contributed by atoms with Crippen molar-refractivity contribution in [3.05, 3.63) is 0 Å². The predicted octanol–water partition coefficient (Wildman–Crippen LogP) is -7.71. The molecule has 0 aliphatic carbocycles. The Morgan fingerprint density at radius 3 is 1.54 bits per heavy atom. The summed E-state index contributed by atoms with van der Waals surface area (Å²) in [6.07, 6.45) is -1.72. The first-order valence-corrected chi connectivity index (χ1v) is 27.1. The van der Waals surface area contributed by atoms with Crippen LogP contribution in [0.5, 0.6) is 0 Å². The van der Waals surface area contributed by atoms with E-state index in [2.05, 4.69) is 65.4 Å². The minimum Gasteiger partial charge on any atom is -0.394 e. The van der Waals surface area contributed by atoms with Crippen LogP contribution in [-0.4, -0.2) is 203 Å². The molecule has 0 aromatic rings. The molecule has 0 spiro atoms. The second-order valence-corrected chi connectivity index (χ2v) is 20.0. The van der Waals surface area contributed by atoms with E-state index in [0.717, 1.165) is 39.5 Å². The summed E-state index contributed by atoms with van der Waals surface area (Å²) in [5.41, 5.74) is 23.2. The number of carbonyl (C=O) groups excluding carboxylic acids is 11. The van der Waals surface area contributed by atoms with Gasteiger partial charge in [-0.05, 0) is 97.8 Å². The Morgan fingerprint density at radius 1 is 0.557 bits per heavy atom. The predicted molar refractivity (Wildman–Crippen MR) is 287 cm³/mol. The quantitative estimate of drug-likeness (QED) is 0.0340. The molecule has 79 heavy (non-hydrogen) atoms. The van der Waals surface area contributed by atoms with Crippen LogP contribution in [0.3, 0.4) is 0 Å². The molecule has 1 unspecified atom stereocenters. The summed E-state index contributed by atoms with van der Waals surface area (Å²) in [5.74, 6) is -11.1. The average Bonchev–Trinajstić information content (AvgIpc) is 3.37. The lowest BCUT2D eigenvalue weighted by molar-refractivity contribution is -0.138. The van der Waals surface area contributed by atoms with Crippen molar-refractivity contribution < 1.29 is 73.2 Å². The number of rotatable bonds is 27. The summed E-state index contributed by atoms with van der Waals surface area (Å²) < 4.78 is 0. The van der Waals surface area contributed by atoms with E-state index in [0.29, 0.717) is 6.42 Å². The van der Waals surface area contributed by atoms with Crippen molar-refractivity contribution in [3.63, 3.8) is 0 Å². The highest BCUT2D eigenvalue weighted by Gasteiger charge is 2.38. The number of carbonyl (C=O) groups is 11. The molecule has 0 aromatic carbocycles. The fourth-order valence-corrected chi connectivity index (χ4v) is 8.10. The zero-order valence-corrected chi connectivity index (χ0v) is 46.4. The molecule has 0 radical (unpaired) electrons. The van der Waals surface area contributed by atoms with Crippen LogP contribution in [0.15, 0.2) is 0 Å². The van der Waals surface area contributed by atoms with Gasteiger partial charge in [-0.3, -0.25) is 52.7 Å². The topological polar surface area (TPSA) is 505 Å². The molecular formula is C49H91N15O15. The van der Waals surface area contributed by atoms with E-state index in [4.69, 9.17) is 22.9 Å². The van der Waals surface area contributed by atoms with Crippen molar-refractivity contribution in [2.75, 3.05) is 39.3 Å². The summed E-state index contributed by atoms with van der Waals surface area (Å²) in [4.78, 5) is 151. The lowest BCUT2D eigenvalue weighted by atomic mass is 10.0. The van der Waals surface area contributed by atoms with Crippen LogP contribution in [-0.2, 0) is 52.7 Å². The van der Waals surface area contributed by atoms with Gasteiger partial charge in [0.05, 0.1) is 24.9 Å². The van der Waals surface area contributed by atoms with Gasteiger partial charge in [0.2, 0.25) is 65.0 Å². The van der Waals surface area contributed by atoms with Crippen molar-refractivity contribution in [3.8, 4) is 0 Å².